The van der Waals surface area contributed by atoms with Crippen molar-refractivity contribution in [2.75, 3.05) is 25.5 Å². The average Bonchev–Trinajstić information content (AvgIpc) is 2.64. The topological polar surface area (TPSA) is 52.7 Å². The summed E-state index contributed by atoms with van der Waals surface area (Å²) in [6.45, 7) is 5.16. The van der Waals surface area contributed by atoms with Crippen LogP contribution in [0.15, 0.2) is 24.3 Å². The monoisotopic (exact) mass is 345 g/mol. The van der Waals surface area contributed by atoms with Crippen molar-refractivity contribution in [3.05, 3.63) is 29.8 Å². The van der Waals surface area contributed by atoms with Gasteiger partial charge >= 0.3 is 0 Å². The Balaban J connectivity index is 1.88. The number of carbonyl (C=O) groups excluding carboxylic acids is 2. The maximum Gasteiger partial charge on any atom is 0.241 e. The van der Waals surface area contributed by atoms with Crippen molar-refractivity contribution in [2.45, 2.75) is 58.5 Å². The number of rotatable bonds is 7. The van der Waals surface area contributed by atoms with Crippen LogP contribution in [0, 0.1) is 0 Å². The minimum absolute atomic E-state index is 0.0742. The summed E-state index contributed by atoms with van der Waals surface area (Å²) in [5.74, 6) is 0.210. The Bertz CT molecular complexity index is 582. The van der Waals surface area contributed by atoms with Crippen molar-refractivity contribution in [3.63, 3.8) is 0 Å². The number of carbonyl (C=O) groups is 2. The zero-order valence-corrected chi connectivity index (χ0v) is 15.8. The number of likely N-dealkylation sites (N-methyl/N-ethyl adjacent to an activating group) is 1. The highest BCUT2D eigenvalue weighted by molar-refractivity contribution is 5.81. The van der Waals surface area contributed by atoms with Crippen molar-refractivity contribution in [3.8, 4) is 0 Å². The smallest absolute Gasteiger partial charge is 0.241 e. The van der Waals surface area contributed by atoms with Gasteiger partial charge in [-0.1, -0.05) is 31.4 Å². The van der Waals surface area contributed by atoms with Gasteiger partial charge < -0.3 is 15.1 Å². The van der Waals surface area contributed by atoms with E-state index in [1.807, 2.05) is 43.1 Å². The highest BCUT2D eigenvalue weighted by atomic mass is 16.2. The lowest BCUT2D eigenvalue weighted by Crippen LogP contribution is -2.41. The number of amides is 2. The lowest BCUT2D eigenvalue weighted by molar-refractivity contribution is -0.131. The third-order valence-corrected chi connectivity index (χ3v) is 5.09. The molecular formula is C20H31N3O2. The van der Waals surface area contributed by atoms with Crippen molar-refractivity contribution in [1.29, 1.82) is 0 Å². The van der Waals surface area contributed by atoms with Crippen LogP contribution in [0.3, 0.4) is 0 Å². The summed E-state index contributed by atoms with van der Waals surface area (Å²) in [5, 5.41) is 3.23. The van der Waals surface area contributed by atoms with Gasteiger partial charge in [0.2, 0.25) is 11.8 Å². The maximum absolute atomic E-state index is 12.4. The molecule has 0 aromatic heterocycles. The summed E-state index contributed by atoms with van der Waals surface area (Å²) in [6, 6.07) is 8.33. The Morgan fingerprint density at radius 3 is 2.56 bits per heavy atom. The molecule has 2 amide bonds. The first-order valence-corrected chi connectivity index (χ1v) is 9.35. The van der Waals surface area contributed by atoms with Gasteiger partial charge in [-0.2, -0.15) is 0 Å². The van der Waals surface area contributed by atoms with Crippen LogP contribution in [-0.4, -0.2) is 47.8 Å². The number of hydrogen-bond acceptors (Lipinski definition) is 3. The molecule has 0 aliphatic heterocycles. The summed E-state index contributed by atoms with van der Waals surface area (Å²) in [6.07, 6.45) is 5.98. The molecule has 5 nitrogen and oxygen atoms in total. The number of nitrogens with one attached hydrogen (secondary N) is 1. The molecule has 5 heteroatoms. The van der Waals surface area contributed by atoms with E-state index in [0.717, 1.165) is 24.1 Å². The molecule has 25 heavy (non-hydrogen) atoms. The maximum atomic E-state index is 12.4. The zero-order valence-electron chi connectivity index (χ0n) is 15.8. The van der Waals surface area contributed by atoms with Crippen LogP contribution in [0.5, 0.6) is 0 Å². The molecule has 138 valence electrons. The van der Waals surface area contributed by atoms with E-state index in [2.05, 4.69) is 5.32 Å². The molecule has 1 aromatic carbocycles. The third kappa shape index (κ3) is 5.76. The summed E-state index contributed by atoms with van der Waals surface area (Å²) in [5.41, 5.74) is 1.98. The van der Waals surface area contributed by atoms with E-state index >= 15 is 0 Å². The zero-order chi connectivity index (χ0) is 18.2. The van der Waals surface area contributed by atoms with Crippen molar-refractivity contribution in [1.82, 2.24) is 9.80 Å². The summed E-state index contributed by atoms with van der Waals surface area (Å²) in [7, 11) is 1.92. The molecule has 2 rings (SSSR count). The molecule has 0 saturated heterocycles. The predicted octanol–water partition coefficient (Wildman–Crippen LogP) is 3.26. The average molecular weight is 345 g/mol. The Kier molecular flexibility index (Phi) is 7.29. The predicted molar refractivity (Wildman–Crippen MR) is 101 cm³/mol. The van der Waals surface area contributed by atoms with Crippen LogP contribution in [0.1, 0.15) is 51.5 Å². The van der Waals surface area contributed by atoms with Gasteiger partial charge in [0.25, 0.3) is 0 Å². The Morgan fingerprint density at radius 1 is 1.20 bits per heavy atom. The second-order valence-electron chi connectivity index (χ2n) is 6.88. The fraction of sp³-hybridized carbons (Fsp3) is 0.600. The van der Waals surface area contributed by atoms with E-state index in [0.29, 0.717) is 25.7 Å². The molecule has 0 bridgehead atoms. The summed E-state index contributed by atoms with van der Waals surface area (Å²) >= 11 is 0. The Labute approximate surface area is 151 Å². The van der Waals surface area contributed by atoms with Crippen molar-refractivity contribution < 1.29 is 9.59 Å². The van der Waals surface area contributed by atoms with Gasteiger partial charge in [-0.15, -0.1) is 0 Å². The van der Waals surface area contributed by atoms with Crippen LogP contribution >= 0.6 is 0 Å². The molecule has 0 atom stereocenters. The number of anilines is 1. The molecule has 1 aromatic rings. The van der Waals surface area contributed by atoms with Crippen LogP contribution in [0.25, 0.3) is 0 Å². The molecular weight excluding hydrogens is 314 g/mol. The van der Waals surface area contributed by atoms with Gasteiger partial charge in [-0.25, -0.2) is 0 Å². The van der Waals surface area contributed by atoms with Gasteiger partial charge in [-0.3, -0.25) is 9.59 Å². The molecule has 0 unspecified atom stereocenters. The lowest BCUT2D eigenvalue weighted by atomic mass is 9.94. The van der Waals surface area contributed by atoms with E-state index in [-0.39, 0.29) is 11.8 Å². The lowest BCUT2D eigenvalue weighted by Gasteiger charge is -2.31. The summed E-state index contributed by atoms with van der Waals surface area (Å²) in [4.78, 5) is 27.7. The van der Waals surface area contributed by atoms with Gasteiger partial charge in [-0.05, 0) is 37.5 Å². The van der Waals surface area contributed by atoms with Gasteiger partial charge in [0.15, 0.2) is 0 Å². The summed E-state index contributed by atoms with van der Waals surface area (Å²) < 4.78 is 0. The third-order valence-electron chi connectivity index (χ3n) is 5.09. The van der Waals surface area contributed by atoms with Crippen LogP contribution in [0.2, 0.25) is 0 Å². The van der Waals surface area contributed by atoms with E-state index in [1.54, 1.807) is 11.8 Å². The van der Waals surface area contributed by atoms with E-state index in [4.69, 9.17) is 0 Å². The highest BCUT2D eigenvalue weighted by Gasteiger charge is 2.21. The fourth-order valence-electron chi connectivity index (χ4n) is 3.42. The van der Waals surface area contributed by atoms with Crippen LogP contribution < -0.4 is 5.32 Å². The van der Waals surface area contributed by atoms with E-state index < -0.39 is 0 Å². The Morgan fingerprint density at radius 2 is 1.92 bits per heavy atom. The normalized spacial score (nSPS) is 14.8. The SMILES string of the molecule is CCN(Cc1cccc(NCC(=O)N(C)C2CCCCC2)c1)C(C)=O. The quantitative estimate of drug-likeness (QED) is 0.825. The van der Waals surface area contributed by atoms with Crippen LogP contribution in [-0.2, 0) is 16.1 Å². The molecule has 1 aliphatic carbocycles. The Hall–Kier alpha value is -2.04. The molecule has 0 heterocycles. The van der Waals surface area contributed by atoms with Gasteiger partial charge in [0.05, 0.1) is 6.54 Å². The van der Waals surface area contributed by atoms with Gasteiger partial charge in [0, 0.05) is 38.8 Å². The number of hydrogen-bond donors (Lipinski definition) is 1. The number of benzene rings is 1. The minimum Gasteiger partial charge on any atom is -0.376 e. The van der Waals surface area contributed by atoms with E-state index in [1.165, 1.54) is 19.3 Å². The highest BCUT2D eigenvalue weighted by Crippen LogP contribution is 2.21. The van der Waals surface area contributed by atoms with E-state index in [9.17, 15) is 9.59 Å². The number of nitrogens with zero attached hydrogens (tertiary/aromatic N) is 2. The standard InChI is InChI=1S/C20H31N3O2/c1-4-23(16(2)24)15-17-9-8-10-18(13-17)21-14-20(25)22(3)19-11-6-5-7-12-19/h8-10,13,19,21H,4-7,11-12,14-15H2,1-3H3. The van der Waals surface area contributed by atoms with Crippen LogP contribution in [0.4, 0.5) is 5.69 Å². The minimum atomic E-state index is 0.0742. The van der Waals surface area contributed by atoms with Gasteiger partial charge in [0.1, 0.15) is 0 Å². The largest absolute Gasteiger partial charge is 0.376 e. The van der Waals surface area contributed by atoms with Crippen molar-refractivity contribution in [2.24, 2.45) is 0 Å². The second kappa shape index (κ2) is 9.44. The molecule has 1 saturated carbocycles. The first kappa shape index (κ1) is 19.3. The fourth-order valence-corrected chi connectivity index (χ4v) is 3.42. The first-order chi connectivity index (χ1) is 12.0. The molecule has 0 radical (unpaired) electrons. The molecule has 1 N–H and O–H groups in total. The molecule has 1 aliphatic rings. The first-order valence-electron chi connectivity index (χ1n) is 9.35. The molecule has 1 fully saturated rings. The second-order valence-corrected chi connectivity index (χ2v) is 6.88. The molecule has 0 spiro atoms. The van der Waals surface area contributed by atoms with Crippen molar-refractivity contribution >= 4 is 17.5 Å².